The highest BCUT2D eigenvalue weighted by atomic mass is 31.2. The van der Waals surface area contributed by atoms with Crippen molar-refractivity contribution in [3.63, 3.8) is 0 Å². The maximum Gasteiger partial charge on any atom is 0.362 e. The molecular formula is C24H49NO4P+. The fraction of sp³-hybridized carbons (Fsp3) is 0.833. The van der Waals surface area contributed by atoms with Crippen molar-refractivity contribution >= 4 is 7.60 Å². The molecule has 0 spiro atoms. The van der Waals surface area contributed by atoms with Crippen molar-refractivity contribution in [1.82, 2.24) is 0 Å². The summed E-state index contributed by atoms with van der Waals surface area (Å²) in [6.07, 6.45) is 24.1. The van der Waals surface area contributed by atoms with Gasteiger partial charge in [0.2, 0.25) is 5.34 Å². The highest BCUT2D eigenvalue weighted by molar-refractivity contribution is 7.53. The minimum Gasteiger partial charge on any atom is -0.373 e. The number of hydrogen-bond donors (Lipinski definition) is 3. The molecule has 0 aromatic rings. The number of nitrogens with zero attached hydrogens (tertiary/aromatic N) is 1. The summed E-state index contributed by atoms with van der Waals surface area (Å²) in [7, 11) is 0.948. The largest absolute Gasteiger partial charge is 0.373 e. The smallest absolute Gasteiger partial charge is 0.362 e. The fourth-order valence-electron chi connectivity index (χ4n) is 3.68. The molecule has 0 aromatic heterocycles. The molecule has 1 unspecified atom stereocenters. The van der Waals surface area contributed by atoms with Gasteiger partial charge < -0.3 is 19.4 Å². The van der Waals surface area contributed by atoms with Gasteiger partial charge in [-0.2, -0.15) is 0 Å². The lowest BCUT2D eigenvalue weighted by Gasteiger charge is -2.35. The van der Waals surface area contributed by atoms with Crippen LogP contribution in [0.4, 0.5) is 0 Å². The summed E-state index contributed by atoms with van der Waals surface area (Å²) in [5, 5.41) is 8.60. The lowest BCUT2D eigenvalue weighted by Crippen LogP contribution is -2.49. The van der Waals surface area contributed by atoms with Gasteiger partial charge in [0.25, 0.3) is 0 Å². The summed E-state index contributed by atoms with van der Waals surface area (Å²) in [6.45, 7) is 2.23. The Kier molecular flexibility index (Phi) is 16.0. The van der Waals surface area contributed by atoms with Gasteiger partial charge in [0, 0.05) is 0 Å². The Bertz CT molecular complexity index is 522. The maximum absolute atomic E-state index is 11.8. The first-order chi connectivity index (χ1) is 14.0. The topological polar surface area (TPSA) is 77.8 Å². The van der Waals surface area contributed by atoms with Crippen molar-refractivity contribution in [3.05, 3.63) is 24.3 Å². The van der Waals surface area contributed by atoms with E-state index in [9.17, 15) is 19.5 Å². The van der Waals surface area contributed by atoms with Crippen LogP contribution < -0.4 is 0 Å². The molecule has 30 heavy (non-hydrogen) atoms. The van der Waals surface area contributed by atoms with Gasteiger partial charge >= 0.3 is 7.60 Å². The van der Waals surface area contributed by atoms with Gasteiger partial charge in [0.15, 0.2) is 0 Å². The molecule has 6 heteroatoms. The van der Waals surface area contributed by atoms with Gasteiger partial charge in [-0.15, -0.1) is 0 Å². The van der Waals surface area contributed by atoms with Crippen molar-refractivity contribution in [2.45, 2.75) is 102 Å². The van der Waals surface area contributed by atoms with Crippen LogP contribution in [-0.2, 0) is 4.57 Å². The van der Waals surface area contributed by atoms with Crippen molar-refractivity contribution in [3.8, 4) is 0 Å². The molecule has 0 rings (SSSR count). The van der Waals surface area contributed by atoms with E-state index in [-0.39, 0.29) is 13.0 Å². The molecule has 0 saturated heterocycles. The van der Waals surface area contributed by atoms with Crippen LogP contribution in [0.3, 0.4) is 0 Å². The van der Waals surface area contributed by atoms with Crippen molar-refractivity contribution < 1.29 is 23.9 Å². The van der Waals surface area contributed by atoms with Gasteiger partial charge in [-0.3, -0.25) is 4.57 Å². The highest BCUT2D eigenvalue weighted by Gasteiger charge is 2.48. The third-order valence-electron chi connectivity index (χ3n) is 5.28. The summed E-state index contributed by atoms with van der Waals surface area (Å²) in [5.74, 6) is 0. The summed E-state index contributed by atoms with van der Waals surface area (Å²) in [4.78, 5) is 19.1. The van der Waals surface area contributed by atoms with Crippen LogP contribution in [0.2, 0.25) is 0 Å². The Morgan fingerprint density at radius 3 is 1.53 bits per heavy atom. The molecule has 0 radical (unpaired) electrons. The summed E-state index contributed by atoms with van der Waals surface area (Å²) in [6, 6.07) is 0. The molecule has 0 aromatic carbocycles. The molecule has 0 aliphatic carbocycles. The molecule has 0 heterocycles. The van der Waals surface area contributed by atoms with E-state index in [1.807, 2.05) is 21.1 Å². The third kappa shape index (κ3) is 16.3. The Hall–Kier alpha value is -0.450. The first kappa shape index (κ1) is 29.5. The molecule has 5 nitrogen and oxygen atoms in total. The second-order valence-corrected chi connectivity index (χ2v) is 11.5. The monoisotopic (exact) mass is 446 g/mol. The standard InChI is InChI=1S/C24H48NO4P/c1-5-6-7-8-9-10-11-12-13-14-15-16-17-18-19-20-21-22-24(26,30(27,28)29)23-25(2,3)4/h6-7,15-16,26H,5,8-14,17-23H2,1-4H3,(H-,27,28,29)/p+1/b7-6-,16-15-. The summed E-state index contributed by atoms with van der Waals surface area (Å²) in [5.41, 5.74) is 0. The number of quaternary nitrogens is 1. The van der Waals surface area contributed by atoms with Gasteiger partial charge in [-0.25, -0.2) is 0 Å². The molecular weight excluding hydrogens is 397 g/mol. The van der Waals surface area contributed by atoms with E-state index < -0.39 is 12.9 Å². The van der Waals surface area contributed by atoms with Crippen LogP contribution in [0.1, 0.15) is 96.8 Å². The lowest BCUT2D eigenvalue weighted by atomic mass is 10.1. The van der Waals surface area contributed by atoms with Gasteiger partial charge in [-0.1, -0.05) is 63.3 Å². The number of hydrogen-bond acceptors (Lipinski definition) is 2. The van der Waals surface area contributed by atoms with Crippen LogP contribution in [0.15, 0.2) is 24.3 Å². The molecule has 0 fully saturated rings. The lowest BCUT2D eigenvalue weighted by molar-refractivity contribution is -0.875. The Labute approximate surface area is 186 Å². The molecule has 1 atom stereocenters. The number of rotatable bonds is 19. The van der Waals surface area contributed by atoms with E-state index in [1.54, 1.807) is 0 Å². The predicted octanol–water partition coefficient (Wildman–Crippen LogP) is 6.15. The van der Waals surface area contributed by atoms with Crippen LogP contribution in [0.25, 0.3) is 0 Å². The Morgan fingerprint density at radius 2 is 1.13 bits per heavy atom. The predicted molar refractivity (Wildman–Crippen MR) is 128 cm³/mol. The zero-order valence-electron chi connectivity index (χ0n) is 20.1. The zero-order chi connectivity index (χ0) is 22.9. The summed E-state index contributed by atoms with van der Waals surface area (Å²) < 4.78 is 12.1. The van der Waals surface area contributed by atoms with Crippen LogP contribution in [0.5, 0.6) is 0 Å². The van der Waals surface area contributed by atoms with Crippen LogP contribution in [0, 0.1) is 0 Å². The van der Waals surface area contributed by atoms with Crippen LogP contribution in [-0.4, -0.2) is 52.4 Å². The minimum absolute atomic E-state index is 0.0515. The minimum atomic E-state index is -4.55. The van der Waals surface area contributed by atoms with Gasteiger partial charge in [0.1, 0.15) is 6.54 Å². The van der Waals surface area contributed by atoms with Crippen molar-refractivity contribution in [2.24, 2.45) is 0 Å². The SMILES string of the molecule is CC/C=C\CCCCCCC/C=C\CCCCCCC(O)(C[N+](C)(C)C)P(=O)(O)O. The number of allylic oxidation sites excluding steroid dienone is 4. The first-order valence-electron chi connectivity index (χ1n) is 11.9. The number of unbranched alkanes of at least 4 members (excludes halogenated alkanes) is 10. The van der Waals surface area contributed by atoms with E-state index >= 15 is 0 Å². The van der Waals surface area contributed by atoms with Gasteiger partial charge in [0.05, 0.1) is 21.1 Å². The third-order valence-corrected chi connectivity index (χ3v) is 6.73. The molecule has 0 amide bonds. The van der Waals surface area contributed by atoms with E-state index in [0.717, 1.165) is 38.5 Å². The van der Waals surface area contributed by atoms with E-state index in [4.69, 9.17) is 0 Å². The Morgan fingerprint density at radius 1 is 0.733 bits per heavy atom. The van der Waals surface area contributed by atoms with Crippen LogP contribution >= 0.6 is 7.60 Å². The highest BCUT2D eigenvalue weighted by Crippen LogP contribution is 2.52. The fourth-order valence-corrected chi connectivity index (χ4v) is 4.73. The zero-order valence-corrected chi connectivity index (χ0v) is 21.0. The number of aliphatic hydroxyl groups is 1. The molecule has 0 bridgehead atoms. The van der Waals surface area contributed by atoms with E-state index in [0.29, 0.717) is 10.9 Å². The molecule has 178 valence electrons. The maximum atomic E-state index is 11.8. The molecule has 0 aliphatic rings. The molecule has 3 N–H and O–H groups in total. The van der Waals surface area contributed by atoms with E-state index in [2.05, 4.69) is 31.2 Å². The second-order valence-electron chi connectivity index (χ2n) is 9.62. The number of likely N-dealkylation sites (N-methyl/N-ethyl adjacent to an activating group) is 1. The molecule has 0 saturated carbocycles. The first-order valence-corrected chi connectivity index (χ1v) is 13.5. The van der Waals surface area contributed by atoms with Crippen molar-refractivity contribution in [1.29, 1.82) is 0 Å². The normalized spacial score (nSPS) is 15.3. The Balaban J connectivity index is 3.72. The van der Waals surface area contributed by atoms with Crippen molar-refractivity contribution in [2.75, 3.05) is 27.7 Å². The molecule has 0 aliphatic heterocycles. The summed E-state index contributed by atoms with van der Waals surface area (Å²) >= 11 is 0. The van der Waals surface area contributed by atoms with Gasteiger partial charge in [-0.05, 0) is 57.8 Å². The average Bonchev–Trinajstić information content (AvgIpc) is 2.62. The average molecular weight is 447 g/mol. The van der Waals surface area contributed by atoms with E-state index in [1.165, 1.54) is 38.5 Å². The second kappa shape index (κ2) is 16.2. The quantitative estimate of drug-likeness (QED) is 0.0962.